The van der Waals surface area contributed by atoms with Gasteiger partial charge in [-0.1, -0.05) is 19.3 Å². The standard InChI is InChI=1S/C14H23BrN2OS/c1-18-14(10-5-3-2-4-6-10)13(17-16)8-12-7-11(15)9-19-12/h7,9-10,13-14,17H,2-6,8,16H2,1H3. The Morgan fingerprint density at radius 3 is 2.74 bits per heavy atom. The molecule has 1 aliphatic carbocycles. The molecule has 2 rings (SSSR count). The number of ether oxygens (including phenoxy) is 1. The molecule has 1 fully saturated rings. The molecule has 2 atom stereocenters. The van der Waals surface area contributed by atoms with E-state index >= 15 is 0 Å². The van der Waals surface area contributed by atoms with Gasteiger partial charge in [-0.3, -0.25) is 11.3 Å². The molecule has 19 heavy (non-hydrogen) atoms. The first kappa shape index (κ1) is 15.4. The van der Waals surface area contributed by atoms with Gasteiger partial charge in [0.1, 0.15) is 0 Å². The van der Waals surface area contributed by atoms with E-state index in [4.69, 9.17) is 10.6 Å². The monoisotopic (exact) mass is 346 g/mol. The second kappa shape index (κ2) is 7.74. The van der Waals surface area contributed by atoms with Crippen molar-refractivity contribution in [3.05, 3.63) is 20.8 Å². The fourth-order valence-electron chi connectivity index (χ4n) is 3.10. The summed E-state index contributed by atoms with van der Waals surface area (Å²) in [4.78, 5) is 1.34. The number of thiophene rings is 1. The van der Waals surface area contributed by atoms with Crippen LogP contribution in [-0.2, 0) is 11.2 Å². The van der Waals surface area contributed by atoms with Gasteiger partial charge in [0.25, 0.3) is 0 Å². The van der Waals surface area contributed by atoms with E-state index in [1.807, 2.05) is 7.11 Å². The first-order chi connectivity index (χ1) is 9.24. The van der Waals surface area contributed by atoms with Crippen LogP contribution in [0.25, 0.3) is 0 Å². The largest absolute Gasteiger partial charge is 0.379 e. The molecule has 3 nitrogen and oxygen atoms in total. The van der Waals surface area contributed by atoms with Crippen LogP contribution in [0.5, 0.6) is 0 Å². The summed E-state index contributed by atoms with van der Waals surface area (Å²) in [5, 5.41) is 2.12. The molecule has 1 aliphatic rings. The first-order valence-corrected chi connectivity index (χ1v) is 8.63. The van der Waals surface area contributed by atoms with Crippen LogP contribution in [0, 0.1) is 5.92 Å². The number of hydrogen-bond donors (Lipinski definition) is 2. The lowest BCUT2D eigenvalue weighted by Gasteiger charge is -2.34. The minimum atomic E-state index is 0.193. The maximum Gasteiger partial charge on any atom is 0.0769 e. The highest BCUT2D eigenvalue weighted by Crippen LogP contribution is 2.31. The van der Waals surface area contributed by atoms with E-state index in [1.54, 1.807) is 11.3 Å². The molecule has 0 aromatic carbocycles. The minimum absolute atomic E-state index is 0.193. The Bertz CT molecular complexity index is 379. The van der Waals surface area contributed by atoms with Gasteiger partial charge in [-0.15, -0.1) is 11.3 Å². The first-order valence-electron chi connectivity index (χ1n) is 6.96. The molecule has 0 spiro atoms. The Balaban J connectivity index is 2.00. The molecular weight excluding hydrogens is 324 g/mol. The van der Waals surface area contributed by atoms with Crippen molar-refractivity contribution in [1.29, 1.82) is 0 Å². The van der Waals surface area contributed by atoms with Gasteiger partial charge in [-0.05, 0) is 40.8 Å². The van der Waals surface area contributed by atoms with Crippen LogP contribution in [0.15, 0.2) is 15.9 Å². The van der Waals surface area contributed by atoms with Gasteiger partial charge in [0.2, 0.25) is 0 Å². The Morgan fingerprint density at radius 2 is 2.21 bits per heavy atom. The summed E-state index contributed by atoms with van der Waals surface area (Å²) in [5.74, 6) is 6.42. The van der Waals surface area contributed by atoms with E-state index in [2.05, 4.69) is 32.8 Å². The molecular formula is C14H23BrN2OS. The second-order valence-corrected chi connectivity index (χ2v) is 7.22. The summed E-state index contributed by atoms with van der Waals surface area (Å²) in [5.41, 5.74) is 2.97. The smallest absolute Gasteiger partial charge is 0.0769 e. The number of nitrogens with two attached hydrogens (primary N) is 1. The number of rotatable bonds is 6. The lowest BCUT2D eigenvalue weighted by Crippen LogP contribution is -2.49. The maximum absolute atomic E-state index is 5.77. The Morgan fingerprint density at radius 1 is 1.47 bits per heavy atom. The van der Waals surface area contributed by atoms with E-state index in [1.165, 1.54) is 37.0 Å². The Hall–Kier alpha value is 0.0600. The number of nitrogens with one attached hydrogen (secondary N) is 1. The molecule has 1 heterocycles. The molecule has 5 heteroatoms. The van der Waals surface area contributed by atoms with Crippen LogP contribution in [0.3, 0.4) is 0 Å². The predicted octanol–water partition coefficient (Wildman–Crippen LogP) is 3.48. The summed E-state index contributed by atoms with van der Waals surface area (Å²) < 4.78 is 6.92. The highest BCUT2D eigenvalue weighted by Gasteiger charge is 2.30. The van der Waals surface area contributed by atoms with Gasteiger partial charge in [0.15, 0.2) is 0 Å². The van der Waals surface area contributed by atoms with Crippen molar-refractivity contribution in [3.63, 3.8) is 0 Å². The van der Waals surface area contributed by atoms with Gasteiger partial charge in [-0.25, -0.2) is 0 Å². The summed E-state index contributed by atoms with van der Waals surface area (Å²) in [6.45, 7) is 0. The quantitative estimate of drug-likeness (QED) is 0.612. The van der Waals surface area contributed by atoms with E-state index in [9.17, 15) is 0 Å². The van der Waals surface area contributed by atoms with E-state index < -0.39 is 0 Å². The zero-order chi connectivity index (χ0) is 13.7. The van der Waals surface area contributed by atoms with Crippen LogP contribution in [0.2, 0.25) is 0 Å². The van der Waals surface area contributed by atoms with Gasteiger partial charge < -0.3 is 4.74 Å². The average molecular weight is 347 g/mol. The van der Waals surface area contributed by atoms with E-state index in [0.29, 0.717) is 5.92 Å². The fraction of sp³-hybridized carbons (Fsp3) is 0.714. The van der Waals surface area contributed by atoms with Crippen LogP contribution in [0.4, 0.5) is 0 Å². The molecule has 1 aromatic rings. The highest BCUT2D eigenvalue weighted by molar-refractivity contribution is 9.10. The average Bonchev–Trinajstić information content (AvgIpc) is 2.85. The minimum Gasteiger partial charge on any atom is -0.379 e. The van der Waals surface area contributed by atoms with E-state index in [0.717, 1.165) is 10.9 Å². The number of halogens is 1. The number of methoxy groups -OCH3 is 1. The lowest BCUT2D eigenvalue weighted by atomic mass is 9.82. The topological polar surface area (TPSA) is 47.3 Å². The van der Waals surface area contributed by atoms with Gasteiger partial charge >= 0.3 is 0 Å². The second-order valence-electron chi connectivity index (χ2n) is 5.31. The molecule has 2 unspecified atom stereocenters. The van der Waals surface area contributed by atoms with E-state index in [-0.39, 0.29) is 12.1 Å². The molecule has 0 aliphatic heterocycles. The summed E-state index contributed by atoms with van der Waals surface area (Å²) in [6, 6.07) is 2.36. The Labute approximate surface area is 128 Å². The molecule has 1 saturated carbocycles. The third kappa shape index (κ3) is 4.26. The molecule has 108 valence electrons. The third-order valence-corrected chi connectivity index (χ3v) is 5.76. The molecule has 3 N–H and O–H groups in total. The lowest BCUT2D eigenvalue weighted by molar-refractivity contribution is 0.00846. The number of hydrazine groups is 1. The van der Waals surface area contributed by atoms with Crippen molar-refractivity contribution in [2.45, 2.75) is 50.7 Å². The zero-order valence-corrected chi connectivity index (χ0v) is 13.8. The highest BCUT2D eigenvalue weighted by atomic mass is 79.9. The molecule has 0 amide bonds. The third-order valence-electron chi connectivity index (χ3n) is 4.04. The van der Waals surface area contributed by atoms with Crippen LogP contribution in [-0.4, -0.2) is 19.3 Å². The van der Waals surface area contributed by atoms with Crippen molar-refractivity contribution in [3.8, 4) is 0 Å². The molecule has 0 radical (unpaired) electrons. The predicted molar refractivity (Wildman–Crippen MR) is 84.2 cm³/mol. The van der Waals surface area contributed by atoms with Crippen molar-refractivity contribution in [2.24, 2.45) is 11.8 Å². The normalized spacial score (nSPS) is 20.4. The van der Waals surface area contributed by atoms with Crippen molar-refractivity contribution in [1.82, 2.24) is 5.43 Å². The molecule has 0 saturated heterocycles. The van der Waals surface area contributed by atoms with Crippen molar-refractivity contribution < 1.29 is 4.74 Å². The van der Waals surface area contributed by atoms with Gasteiger partial charge in [0.05, 0.1) is 12.1 Å². The van der Waals surface area contributed by atoms with Crippen molar-refractivity contribution >= 4 is 27.3 Å². The fourth-order valence-corrected chi connectivity index (χ4v) is 4.61. The summed E-state index contributed by atoms with van der Waals surface area (Å²) >= 11 is 5.27. The zero-order valence-electron chi connectivity index (χ0n) is 11.4. The molecule has 1 aromatic heterocycles. The van der Waals surface area contributed by atoms with Crippen LogP contribution >= 0.6 is 27.3 Å². The van der Waals surface area contributed by atoms with Crippen molar-refractivity contribution in [2.75, 3.05) is 7.11 Å². The molecule has 0 bridgehead atoms. The van der Waals surface area contributed by atoms with Crippen LogP contribution < -0.4 is 11.3 Å². The Kier molecular flexibility index (Phi) is 6.29. The SMILES string of the molecule is COC(C1CCCCC1)C(Cc1cc(Br)cs1)NN. The van der Waals surface area contributed by atoms with Crippen LogP contribution in [0.1, 0.15) is 37.0 Å². The number of hydrogen-bond acceptors (Lipinski definition) is 4. The van der Waals surface area contributed by atoms with Gasteiger partial charge in [-0.2, -0.15) is 0 Å². The summed E-state index contributed by atoms with van der Waals surface area (Å²) in [6.07, 6.45) is 7.70. The maximum atomic E-state index is 5.77. The van der Waals surface area contributed by atoms with Gasteiger partial charge in [0, 0.05) is 28.3 Å². The summed E-state index contributed by atoms with van der Waals surface area (Å²) in [7, 11) is 1.81.